The van der Waals surface area contributed by atoms with Gasteiger partial charge < -0.3 is 4.74 Å². The van der Waals surface area contributed by atoms with Gasteiger partial charge in [-0.3, -0.25) is 0 Å². The Morgan fingerprint density at radius 1 is 0.789 bits per heavy atom. The van der Waals surface area contributed by atoms with Gasteiger partial charge in [0.05, 0.1) is 11.7 Å². The van der Waals surface area contributed by atoms with Crippen LogP contribution in [0, 0.1) is 11.8 Å². The van der Waals surface area contributed by atoms with Gasteiger partial charge in [-0.2, -0.15) is 8.78 Å². The molecule has 0 radical (unpaired) electrons. The molecular weight excluding hydrogens is 474 g/mol. The predicted octanol–water partition coefficient (Wildman–Crippen LogP) is 11.0. The third kappa shape index (κ3) is 7.65. The summed E-state index contributed by atoms with van der Waals surface area (Å²) in [6.45, 7) is 5.88. The molecule has 2 aromatic carbocycles. The fraction of sp³-hybridized carbons (Fsp3) is 0.543. The van der Waals surface area contributed by atoms with E-state index in [0.29, 0.717) is 17.8 Å². The molecule has 0 aromatic heterocycles. The van der Waals surface area contributed by atoms with Crippen LogP contribution < -0.4 is 0 Å². The van der Waals surface area contributed by atoms with Crippen LogP contribution in [0.2, 0.25) is 0 Å². The highest BCUT2D eigenvalue weighted by Crippen LogP contribution is 2.40. The molecular formula is C35H46F2O. The first-order chi connectivity index (χ1) is 18.4. The molecule has 0 amide bonds. The summed E-state index contributed by atoms with van der Waals surface area (Å²) in [6.07, 6.45) is 16.9. The Kier molecular flexibility index (Phi) is 10.4. The first-order valence-electron chi connectivity index (χ1n) is 14.9. The molecule has 0 bridgehead atoms. The molecule has 1 atom stereocenters. The van der Waals surface area contributed by atoms with Gasteiger partial charge in [-0.05, 0) is 125 Å². The van der Waals surface area contributed by atoms with E-state index in [1.165, 1.54) is 62.5 Å². The van der Waals surface area contributed by atoms with Crippen LogP contribution >= 0.6 is 0 Å². The van der Waals surface area contributed by atoms with Crippen molar-refractivity contribution in [1.29, 1.82) is 0 Å². The molecule has 0 spiro atoms. The molecule has 206 valence electrons. The van der Waals surface area contributed by atoms with E-state index in [1.807, 2.05) is 24.3 Å². The van der Waals surface area contributed by atoms with Crippen LogP contribution in [-0.2, 0) is 10.8 Å². The number of rotatable bonds is 10. The molecule has 2 aromatic rings. The molecule has 0 heterocycles. The first-order valence-corrected chi connectivity index (χ1v) is 14.9. The standard InChI is InChI=1S/C35H46F2O/c1-4-6-7-9-28-12-16-30(17-13-28)32-20-18-29(19-21-32)26(3)38-35(36,37)34-24-22-33(23-25-34)31-14-10-27(8-5-2)11-15-31/h4-6,8,18-28,30-31H,7,9-17H2,1-3H3/b6-4+,8-5+. The average molecular weight is 521 g/mol. The molecule has 2 saturated carbocycles. The molecule has 2 fully saturated rings. The van der Waals surface area contributed by atoms with Crippen molar-refractivity contribution in [3.05, 3.63) is 95.1 Å². The van der Waals surface area contributed by atoms with E-state index < -0.39 is 12.2 Å². The van der Waals surface area contributed by atoms with Gasteiger partial charge >= 0.3 is 6.11 Å². The maximum Gasteiger partial charge on any atom is 0.383 e. The summed E-state index contributed by atoms with van der Waals surface area (Å²) in [5.41, 5.74) is 3.22. The smallest absolute Gasteiger partial charge is 0.309 e. The summed E-state index contributed by atoms with van der Waals surface area (Å²) in [7, 11) is 0. The Labute approximate surface area is 229 Å². The molecule has 2 aliphatic rings. The summed E-state index contributed by atoms with van der Waals surface area (Å²) >= 11 is 0. The number of halogens is 2. The molecule has 0 aliphatic heterocycles. The first kappa shape index (κ1) is 28.7. The van der Waals surface area contributed by atoms with Crippen molar-refractivity contribution < 1.29 is 13.5 Å². The number of alkyl halides is 2. The summed E-state index contributed by atoms with van der Waals surface area (Å²) in [5, 5.41) is 0. The predicted molar refractivity (Wildman–Crippen MR) is 155 cm³/mol. The molecule has 38 heavy (non-hydrogen) atoms. The maximum absolute atomic E-state index is 15.1. The quantitative estimate of drug-likeness (QED) is 0.283. The van der Waals surface area contributed by atoms with Crippen LogP contribution in [0.1, 0.15) is 125 Å². The van der Waals surface area contributed by atoms with Crippen LogP contribution in [0.3, 0.4) is 0 Å². The summed E-state index contributed by atoms with van der Waals surface area (Å²) in [6, 6.07) is 15.1. The fourth-order valence-corrected chi connectivity index (χ4v) is 6.55. The number of hydrogen-bond acceptors (Lipinski definition) is 1. The zero-order valence-corrected chi connectivity index (χ0v) is 23.6. The van der Waals surface area contributed by atoms with Gasteiger partial charge in [-0.25, -0.2) is 0 Å². The lowest BCUT2D eigenvalue weighted by atomic mass is 9.77. The number of hydrogen-bond donors (Lipinski definition) is 0. The van der Waals surface area contributed by atoms with Crippen molar-refractivity contribution in [2.75, 3.05) is 0 Å². The third-order valence-corrected chi connectivity index (χ3v) is 8.98. The Balaban J connectivity index is 1.29. The van der Waals surface area contributed by atoms with E-state index in [1.54, 1.807) is 19.1 Å². The van der Waals surface area contributed by atoms with Crippen LogP contribution in [-0.4, -0.2) is 0 Å². The van der Waals surface area contributed by atoms with Crippen LogP contribution in [0.5, 0.6) is 0 Å². The maximum atomic E-state index is 15.1. The van der Waals surface area contributed by atoms with Gasteiger partial charge in [-0.1, -0.05) is 72.8 Å². The highest BCUT2D eigenvalue weighted by molar-refractivity contribution is 5.29. The van der Waals surface area contributed by atoms with E-state index in [0.717, 1.165) is 24.3 Å². The molecule has 4 rings (SSSR count). The minimum atomic E-state index is -3.33. The molecule has 0 saturated heterocycles. The zero-order valence-electron chi connectivity index (χ0n) is 23.6. The van der Waals surface area contributed by atoms with Gasteiger partial charge in [0.25, 0.3) is 0 Å². The molecule has 2 aliphatic carbocycles. The monoisotopic (exact) mass is 520 g/mol. The van der Waals surface area contributed by atoms with Crippen molar-refractivity contribution in [1.82, 2.24) is 0 Å². The van der Waals surface area contributed by atoms with Crippen molar-refractivity contribution in [2.24, 2.45) is 11.8 Å². The Bertz CT molecular complexity index is 1020. The van der Waals surface area contributed by atoms with Crippen molar-refractivity contribution in [3.63, 3.8) is 0 Å². The van der Waals surface area contributed by atoms with Gasteiger partial charge in [0, 0.05) is 0 Å². The topological polar surface area (TPSA) is 9.23 Å². The Morgan fingerprint density at radius 3 is 1.89 bits per heavy atom. The lowest BCUT2D eigenvalue weighted by Crippen LogP contribution is -2.20. The van der Waals surface area contributed by atoms with Crippen molar-refractivity contribution >= 4 is 0 Å². The second-order valence-corrected chi connectivity index (χ2v) is 11.6. The van der Waals surface area contributed by atoms with Gasteiger partial charge in [-0.15, -0.1) is 0 Å². The van der Waals surface area contributed by atoms with E-state index in [-0.39, 0.29) is 5.56 Å². The molecule has 0 N–H and O–H groups in total. The Morgan fingerprint density at radius 2 is 1.34 bits per heavy atom. The molecule has 1 unspecified atom stereocenters. The minimum absolute atomic E-state index is 0.0708. The fourth-order valence-electron chi connectivity index (χ4n) is 6.55. The third-order valence-electron chi connectivity index (χ3n) is 8.98. The second kappa shape index (κ2) is 13.7. The highest BCUT2D eigenvalue weighted by Gasteiger charge is 2.35. The van der Waals surface area contributed by atoms with Crippen molar-refractivity contribution in [2.45, 2.75) is 109 Å². The average Bonchev–Trinajstić information content (AvgIpc) is 2.94. The second-order valence-electron chi connectivity index (χ2n) is 11.6. The van der Waals surface area contributed by atoms with Crippen LogP contribution in [0.15, 0.2) is 72.8 Å². The largest absolute Gasteiger partial charge is 0.383 e. The van der Waals surface area contributed by atoms with Gasteiger partial charge in [0.15, 0.2) is 0 Å². The van der Waals surface area contributed by atoms with E-state index in [4.69, 9.17) is 4.74 Å². The molecule has 1 nitrogen and oxygen atoms in total. The normalized spacial score (nSPS) is 25.7. The number of allylic oxidation sites excluding steroid dienone is 4. The molecule has 3 heteroatoms. The summed E-state index contributed by atoms with van der Waals surface area (Å²) < 4.78 is 35.5. The number of ether oxygens (including phenoxy) is 1. The van der Waals surface area contributed by atoms with E-state index in [2.05, 4.69) is 50.3 Å². The summed E-state index contributed by atoms with van der Waals surface area (Å²) in [5.74, 6) is 2.55. The lowest BCUT2D eigenvalue weighted by molar-refractivity contribution is -0.272. The zero-order chi connectivity index (χ0) is 27.0. The van der Waals surface area contributed by atoms with Gasteiger partial charge in [0.1, 0.15) is 0 Å². The lowest BCUT2D eigenvalue weighted by Gasteiger charge is -2.29. The van der Waals surface area contributed by atoms with E-state index >= 15 is 8.78 Å². The minimum Gasteiger partial charge on any atom is -0.309 e. The van der Waals surface area contributed by atoms with Crippen molar-refractivity contribution in [3.8, 4) is 0 Å². The number of benzene rings is 2. The Hall–Kier alpha value is -2.26. The highest BCUT2D eigenvalue weighted by atomic mass is 19.3. The van der Waals surface area contributed by atoms with Crippen LogP contribution in [0.25, 0.3) is 0 Å². The summed E-state index contributed by atoms with van der Waals surface area (Å²) in [4.78, 5) is 0. The van der Waals surface area contributed by atoms with Crippen LogP contribution in [0.4, 0.5) is 8.78 Å². The SMILES string of the molecule is C/C=C/CCC1CCC(c2ccc(C(C)OC(F)(F)c3ccc(C4CCC(/C=C/C)CC4)cc3)cc2)CC1. The van der Waals surface area contributed by atoms with E-state index in [9.17, 15) is 0 Å². The van der Waals surface area contributed by atoms with Gasteiger partial charge in [0.2, 0.25) is 0 Å².